The highest BCUT2D eigenvalue weighted by Gasteiger charge is 2.09. The van der Waals surface area contributed by atoms with Crippen LogP contribution >= 0.6 is 22.9 Å². The summed E-state index contributed by atoms with van der Waals surface area (Å²) in [6.07, 6.45) is 0.951. The first-order chi connectivity index (χ1) is 9.72. The fourth-order valence-corrected chi connectivity index (χ4v) is 3.22. The lowest BCUT2D eigenvalue weighted by Crippen LogP contribution is -2.07. The van der Waals surface area contributed by atoms with Crippen molar-refractivity contribution < 1.29 is 0 Å². The summed E-state index contributed by atoms with van der Waals surface area (Å²) in [6, 6.07) is 12.5. The molecule has 0 saturated heterocycles. The largest absolute Gasteiger partial charge is 0.369 e. The Morgan fingerprint density at radius 3 is 2.80 bits per heavy atom. The number of fused-ring (bicyclic) bond motifs is 1. The topological polar surface area (TPSA) is 37.8 Å². The van der Waals surface area contributed by atoms with E-state index in [1.807, 2.05) is 6.07 Å². The number of nitrogens with one attached hydrogen (secondary N) is 1. The summed E-state index contributed by atoms with van der Waals surface area (Å²) in [5, 5.41) is 4.70. The number of rotatable bonds is 4. The van der Waals surface area contributed by atoms with Gasteiger partial charge in [0.2, 0.25) is 5.28 Å². The van der Waals surface area contributed by atoms with Crippen LogP contribution in [0.2, 0.25) is 5.28 Å². The highest BCUT2D eigenvalue weighted by atomic mass is 35.5. The predicted molar refractivity (Wildman–Crippen MR) is 85.8 cm³/mol. The number of aryl methyl sites for hydroxylation is 1. The summed E-state index contributed by atoms with van der Waals surface area (Å²) in [5.41, 5.74) is 1.30. The molecule has 0 spiro atoms. The number of hydrogen-bond acceptors (Lipinski definition) is 4. The molecule has 102 valence electrons. The maximum Gasteiger partial charge on any atom is 0.225 e. The van der Waals surface area contributed by atoms with Crippen molar-refractivity contribution in [1.82, 2.24) is 9.97 Å². The number of nitrogens with zero attached hydrogens (tertiary/aromatic N) is 2. The van der Waals surface area contributed by atoms with E-state index in [0.717, 1.165) is 29.0 Å². The first-order valence-corrected chi connectivity index (χ1v) is 7.63. The Hall–Kier alpha value is -1.65. The first kappa shape index (κ1) is 13.3. The summed E-state index contributed by atoms with van der Waals surface area (Å²) < 4.78 is 0. The molecule has 1 N–H and O–H groups in total. The van der Waals surface area contributed by atoms with Gasteiger partial charge in [0.05, 0.1) is 5.39 Å². The summed E-state index contributed by atoms with van der Waals surface area (Å²) >= 11 is 7.61. The van der Waals surface area contributed by atoms with E-state index < -0.39 is 0 Å². The molecule has 1 aromatic carbocycles. The zero-order valence-electron chi connectivity index (χ0n) is 11.1. The minimum absolute atomic E-state index is 0.293. The summed E-state index contributed by atoms with van der Waals surface area (Å²) in [4.78, 5) is 10.7. The van der Waals surface area contributed by atoms with Crippen molar-refractivity contribution >= 4 is 39.0 Å². The van der Waals surface area contributed by atoms with Gasteiger partial charge >= 0.3 is 0 Å². The van der Waals surface area contributed by atoms with Gasteiger partial charge < -0.3 is 5.32 Å². The molecule has 0 atom stereocenters. The molecule has 20 heavy (non-hydrogen) atoms. The Bertz CT molecular complexity index is 725. The van der Waals surface area contributed by atoms with Gasteiger partial charge in [-0.05, 0) is 36.6 Å². The highest BCUT2D eigenvalue weighted by Crippen LogP contribution is 2.29. The van der Waals surface area contributed by atoms with E-state index in [4.69, 9.17) is 11.6 Å². The number of aromatic nitrogens is 2. The lowest BCUT2D eigenvalue weighted by atomic mass is 10.1. The van der Waals surface area contributed by atoms with Gasteiger partial charge in [-0.1, -0.05) is 30.3 Å². The number of halogens is 1. The molecule has 0 unspecified atom stereocenters. The summed E-state index contributed by atoms with van der Waals surface area (Å²) in [6.45, 7) is 2.88. The van der Waals surface area contributed by atoms with Crippen molar-refractivity contribution in [1.29, 1.82) is 0 Å². The second-order valence-corrected chi connectivity index (χ2v) is 6.15. The molecule has 0 fully saturated rings. The number of benzene rings is 1. The van der Waals surface area contributed by atoms with Crippen molar-refractivity contribution in [2.24, 2.45) is 0 Å². The maximum absolute atomic E-state index is 5.97. The molecule has 0 aliphatic heterocycles. The van der Waals surface area contributed by atoms with E-state index in [-0.39, 0.29) is 0 Å². The van der Waals surface area contributed by atoms with E-state index in [9.17, 15) is 0 Å². The van der Waals surface area contributed by atoms with E-state index in [0.29, 0.717) is 5.28 Å². The molecule has 3 rings (SSSR count). The van der Waals surface area contributed by atoms with Crippen LogP contribution in [0.1, 0.15) is 10.4 Å². The SMILES string of the molecule is Cc1cc2c(NCCc3ccccc3)nc(Cl)nc2s1. The quantitative estimate of drug-likeness (QED) is 0.730. The van der Waals surface area contributed by atoms with Crippen LogP contribution in [0, 0.1) is 6.92 Å². The van der Waals surface area contributed by atoms with Crippen LogP contribution in [0.3, 0.4) is 0 Å². The third kappa shape index (κ3) is 2.92. The van der Waals surface area contributed by atoms with Crippen LogP contribution in [-0.2, 0) is 6.42 Å². The fourth-order valence-electron chi connectivity index (χ4n) is 2.12. The van der Waals surface area contributed by atoms with Gasteiger partial charge in [0.15, 0.2) is 0 Å². The third-order valence-electron chi connectivity index (χ3n) is 3.04. The van der Waals surface area contributed by atoms with Crippen LogP contribution in [0.25, 0.3) is 10.2 Å². The molecule has 0 bridgehead atoms. The molecule has 5 heteroatoms. The standard InChI is InChI=1S/C15H14ClN3S/c1-10-9-12-13(18-15(16)19-14(12)20-10)17-8-7-11-5-3-2-4-6-11/h2-6,9H,7-8H2,1H3,(H,17,18,19). The molecule has 0 radical (unpaired) electrons. The minimum atomic E-state index is 0.293. The number of hydrogen-bond donors (Lipinski definition) is 1. The lowest BCUT2D eigenvalue weighted by Gasteiger charge is -2.07. The van der Waals surface area contributed by atoms with E-state index >= 15 is 0 Å². The summed E-state index contributed by atoms with van der Waals surface area (Å²) in [5.74, 6) is 0.820. The maximum atomic E-state index is 5.97. The van der Waals surface area contributed by atoms with Crippen molar-refractivity contribution in [3.63, 3.8) is 0 Å². The third-order valence-corrected chi connectivity index (χ3v) is 4.15. The predicted octanol–water partition coefficient (Wildman–Crippen LogP) is 4.31. The van der Waals surface area contributed by atoms with Gasteiger partial charge in [-0.2, -0.15) is 0 Å². The highest BCUT2D eigenvalue weighted by molar-refractivity contribution is 7.18. The molecule has 0 aliphatic rings. The van der Waals surface area contributed by atoms with Gasteiger partial charge in [-0.15, -0.1) is 11.3 Å². The molecule has 0 aliphatic carbocycles. The van der Waals surface area contributed by atoms with Crippen molar-refractivity contribution in [3.05, 3.63) is 52.1 Å². The van der Waals surface area contributed by atoms with Gasteiger partial charge in [-0.25, -0.2) is 9.97 Å². The fraction of sp³-hybridized carbons (Fsp3) is 0.200. The van der Waals surface area contributed by atoms with Crippen molar-refractivity contribution in [2.75, 3.05) is 11.9 Å². The van der Waals surface area contributed by atoms with Crippen LogP contribution < -0.4 is 5.32 Å². The Balaban J connectivity index is 1.77. The Morgan fingerprint density at radius 2 is 2.00 bits per heavy atom. The number of thiophene rings is 1. The molecule has 0 saturated carbocycles. The van der Waals surface area contributed by atoms with Gasteiger partial charge in [0.25, 0.3) is 0 Å². The molecule has 2 heterocycles. The van der Waals surface area contributed by atoms with Crippen LogP contribution in [0.4, 0.5) is 5.82 Å². The van der Waals surface area contributed by atoms with E-state index in [1.54, 1.807) is 11.3 Å². The smallest absolute Gasteiger partial charge is 0.225 e. The average Bonchev–Trinajstić information content (AvgIpc) is 2.80. The second-order valence-electron chi connectivity index (χ2n) is 4.58. The molecule has 3 nitrogen and oxygen atoms in total. The van der Waals surface area contributed by atoms with Crippen molar-refractivity contribution in [2.45, 2.75) is 13.3 Å². The van der Waals surface area contributed by atoms with Crippen LogP contribution in [0.5, 0.6) is 0 Å². The second kappa shape index (κ2) is 5.77. The molecule has 3 aromatic rings. The zero-order chi connectivity index (χ0) is 13.9. The van der Waals surface area contributed by atoms with Crippen LogP contribution in [-0.4, -0.2) is 16.5 Å². The average molecular weight is 304 g/mol. The van der Waals surface area contributed by atoms with Gasteiger partial charge in [0.1, 0.15) is 10.6 Å². The Morgan fingerprint density at radius 1 is 1.20 bits per heavy atom. The lowest BCUT2D eigenvalue weighted by molar-refractivity contribution is 1.01. The minimum Gasteiger partial charge on any atom is -0.369 e. The molecular weight excluding hydrogens is 290 g/mol. The first-order valence-electron chi connectivity index (χ1n) is 6.44. The summed E-state index contributed by atoms with van der Waals surface area (Å²) in [7, 11) is 0. The van der Waals surface area contributed by atoms with E-state index in [1.165, 1.54) is 10.4 Å². The Kier molecular flexibility index (Phi) is 3.85. The number of anilines is 1. The molecule has 0 amide bonds. The Labute approximate surface area is 126 Å². The zero-order valence-corrected chi connectivity index (χ0v) is 12.6. The monoisotopic (exact) mass is 303 g/mol. The van der Waals surface area contributed by atoms with Gasteiger partial charge in [-0.3, -0.25) is 0 Å². The molecule has 2 aromatic heterocycles. The van der Waals surface area contributed by atoms with Crippen LogP contribution in [0.15, 0.2) is 36.4 Å². The molecular formula is C15H14ClN3S. The normalized spacial score (nSPS) is 10.9. The van der Waals surface area contributed by atoms with Gasteiger partial charge in [0, 0.05) is 11.4 Å². The van der Waals surface area contributed by atoms with Crippen molar-refractivity contribution in [3.8, 4) is 0 Å². The van der Waals surface area contributed by atoms with E-state index in [2.05, 4.69) is 52.5 Å².